The van der Waals surface area contributed by atoms with Gasteiger partial charge in [-0.05, 0) is 30.5 Å². The lowest BCUT2D eigenvalue weighted by molar-refractivity contribution is 0.0272. The highest BCUT2D eigenvalue weighted by Crippen LogP contribution is 2.27. The lowest BCUT2D eigenvalue weighted by atomic mass is 9.98. The SMILES string of the molecule is COCCOCCOCCNc1cc2c3c(c1)c(=O)c(C(=O)O)cn3CCC2. The van der Waals surface area contributed by atoms with Gasteiger partial charge in [-0.15, -0.1) is 0 Å². The first-order valence-corrected chi connectivity index (χ1v) is 9.43. The monoisotopic (exact) mass is 390 g/mol. The van der Waals surface area contributed by atoms with Gasteiger partial charge >= 0.3 is 5.97 Å². The number of benzene rings is 1. The maximum absolute atomic E-state index is 12.6. The lowest BCUT2D eigenvalue weighted by Gasteiger charge is -2.21. The van der Waals surface area contributed by atoms with Gasteiger partial charge in [-0.25, -0.2) is 4.79 Å². The molecule has 1 aromatic carbocycles. The highest BCUT2D eigenvalue weighted by atomic mass is 16.5. The number of aryl methyl sites for hydroxylation is 2. The van der Waals surface area contributed by atoms with Gasteiger partial charge in [0.15, 0.2) is 0 Å². The van der Waals surface area contributed by atoms with Gasteiger partial charge in [0.25, 0.3) is 0 Å². The van der Waals surface area contributed by atoms with Crippen LogP contribution >= 0.6 is 0 Å². The van der Waals surface area contributed by atoms with Crippen molar-refractivity contribution in [3.05, 3.63) is 39.7 Å². The summed E-state index contributed by atoms with van der Waals surface area (Å²) < 4.78 is 17.6. The zero-order valence-corrected chi connectivity index (χ0v) is 16.0. The maximum Gasteiger partial charge on any atom is 0.341 e. The minimum Gasteiger partial charge on any atom is -0.477 e. The number of anilines is 1. The van der Waals surface area contributed by atoms with Crippen LogP contribution in [0.3, 0.4) is 0 Å². The number of carbonyl (C=O) groups is 1. The van der Waals surface area contributed by atoms with Crippen LogP contribution in [0.5, 0.6) is 0 Å². The topological polar surface area (TPSA) is 99.0 Å². The second-order valence-electron chi connectivity index (χ2n) is 6.65. The molecule has 1 aliphatic rings. The third kappa shape index (κ3) is 4.70. The fraction of sp³-hybridized carbons (Fsp3) is 0.500. The Morgan fingerprint density at radius 2 is 1.93 bits per heavy atom. The number of carboxylic acid groups (broad SMARTS) is 1. The average molecular weight is 390 g/mol. The second kappa shape index (κ2) is 9.68. The first-order chi connectivity index (χ1) is 13.6. The predicted octanol–water partition coefficient (Wildman–Crippen LogP) is 1.74. The van der Waals surface area contributed by atoms with Crippen LogP contribution in [-0.4, -0.2) is 62.3 Å². The molecule has 28 heavy (non-hydrogen) atoms. The summed E-state index contributed by atoms with van der Waals surface area (Å²) in [6, 6.07) is 3.77. The quantitative estimate of drug-likeness (QED) is 0.564. The van der Waals surface area contributed by atoms with Crippen molar-refractivity contribution >= 4 is 22.6 Å². The van der Waals surface area contributed by atoms with Gasteiger partial charge in [0, 0.05) is 37.5 Å². The third-order valence-corrected chi connectivity index (χ3v) is 4.71. The number of hydrogen-bond acceptors (Lipinski definition) is 6. The van der Waals surface area contributed by atoms with E-state index in [1.54, 1.807) is 13.2 Å². The van der Waals surface area contributed by atoms with Crippen LogP contribution in [0, 0.1) is 0 Å². The third-order valence-electron chi connectivity index (χ3n) is 4.71. The molecule has 2 heterocycles. The van der Waals surface area contributed by atoms with Crippen molar-refractivity contribution in [1.29, 1.82) is 0 Å². The van der Waals surface area contributed by atoms with Crippen LogP contribution in [-0.2, 0) is 27.2 Å². The first kappa shape index (κ1) is 20.3. The summed E-state index contributed by atoms with van der Waals surface area (Å²) in [5, 5.41) is 13.0. The number of hydrogen-bond donors (Lipinski definition) is 2. The Balaban J connectivity index is 1.64. The van der Waals surface area contributed by atoms with Crippen molar-refractivity contribution in [3.8, 4) is 0 Å². The van der Waals surface area contributed by atoms with Crippen molar-refractivity contribution in [2.45, 2.75) is 19.4 Å². The van der Waals surface area contributed by atoms with Crippen molar-refractivity contribution in [2.75, 3.05) is 52.0 Å². The van der Waals surface area contributed by atoms with E-state index in [-0.39, 0.29) is 5.56 Å². The van der Waals surface area contributed by atoms with Crippen LogP contribution in [0.25, 0.3) is 10.9 Å². The Hall–Kier alpha value is -2.42. The summed E-state index contributed by atoms with van der Waals surface area (Å²) in [7, 11) is 1.63. The maximum atomic E-state index is 12.6. The molecule has 0 saturated carbocycles. The molecule has 0 spiro atoms. The second-order valence-corrected chi connectivity index (χ2v) is 6.65. The van der Waals surface area contributed by atoms with Crippen LogP contribution in [0.4, 0.5) is 5.69 Å². The number of pyridine rings is 1. The molecule has 0 saturated heterocycles. The molecule has 8 nitrogen and oxygen atoms in total. The molecule has 0 bridgehead atoms. The van der Waals surface area contributed by atoms with Crippen LogP contribution in [0.1, 0.15) is 22.3 Å². The van der Waals surface area contributed by atoms with Crippen molar-refractivity contribution in [3.63, 3.8) is 0 Å². The van der Waals surface area contributed by atoms with E-state index >= 15 is 0 Å². The van der Waals surface area contributed by atoms with Gasteiger partial charge in [-0.2, -0.15) is 0 Å². The van der Waals surface area contributed by atoms with E-state index in [2.05, 4.69) is 5.32 Å². The molecular formula is C20H26N2O6. The number of ether oxygens (including phenoxy) is 3. The summed E-state index contributed by atoms with van der Waals surface area (Å²) in [5.74, 6) is -1.19. The zero-order chi connectivity index (χ0) is 19.9. The molecule has 0 unspecified atom stereocenters. The summed E-state index contributed by atoms with van der Waals surface area (Å²) in [4.78, 5) is 24.0. The lowest BCUT2D eigenvalue weighted by Crippen LogP contribution is -2.22. The Bertz CT molecular complexity index is 892. The van der Waals surface area contributed by atoms with E-state index < -0.39 is 11.4 Å². The van der Waals surface area contributed by atoms with Crippen LogP contribution in [0.2, 0.25) is 0 Å². The minimum absolute atomic E-state index is 0.186. The van der Waals surface area contributed by atoms with E-state index in [1.807, 2.05) is 10.6 Å². The fourth-order valence-electron chi connectivity index (χ4n) is 3.42. The Kier molecular flexibility index (Phi) is 7.02. The molecular weight excluding hydrogens is 364 g/mol. The molecule has 1 aliphatic heterocycles. The van der Waals surface area contributed by atoms with Crippen molar-refractivity contribution in [2.24, 2.45) is 0 Å². The van der Waals surface area contributed by atoms with Crippen molar-refractivity contribution in [1.82, 2.24) is 4.57 Å². The molecule has 0 aliphatic carbocycles. The highest BCUT2D eigenvalue weighted by Gasteiger charge is 2.19. The Morgan fingerprint density at radius 3 is 2.68 bits per heavy atom. The number of nitrogens with zero attached hydrogens (tertiary/aromatic N) is 1. The number of aromatic nitrogens is 1. The minimum atomic E-state index is -1.19. The molecule has 0 amide bonds. The number of methoxy groups -OCH3 is 1. The number of carboxylic acids is 1. The highest BCUT2D eigenvalue weighted by molar-refractivity contribution is 5.94. The molecule has 2 aromatic rings. The van der Waals surface area contributed by atoms with E-state index in [0.29, 0.717) is 45.0 Å². The van der Waals surface area contributed by atoms with Gasteiger partial charge in [-0.3, -0.25) is 4.79 Å². The fourth-order valence-corrected chi connectivity index (χ4v) is 3.42. The number of nitrogens with one attached hydrogen (secondary N) is 1. The first-order valence-electron chi connectivity index (χ1n) is 9.43. The van der Waals surface area contributed by atoms with Gasteiger partial charge in [0.05, 0.1) is 38.6 Å². The van der Waals surface area contributed by atoms with E-state index in [9.17, 15) is 14.7 Å². The van der Waals surface area contributed by atoms with Gasteiger partial charge < -0.3 is 29.2 Å². The van der Waals surface area contributed by atoms with Gasteiger partial charge in [0.1, 0.15) is 5.56 Å². The molecule has 0 atom stereocenters. The normalized spacial score (nSPS) is 13.0. The molecule has 8 heteroatoms. The van der Waals surface area contributed by atoms with E-state index in [4.69, 9.17) is 14.2 Å². The Morgan fingerprint density at radius 1 is 1.18 bits per heavy atom. The van der Waals surface area contributed by atoms with Gasteiger partial charge in [-0.1, -0.05) is 0 Å². The van der Waals surface area contributed by atoms with E-state index in [1.165, 1.54) is 6.20 Å². The summed E-state index contributed by atoms with van der Waals surface area (Å²) in [6.45, 7) is 3.93. The summed E-state index contributed by atoms with van der Waals surface area (Å²) in [5.41, 5.74) is 2.09. The zero-order valence-electron chi connectivity index (χ0n) is 16.0. The summed E-state index contributed by atoms with van der Waals surface area (Å²) in [6.07, 6.45) is 3.25. The van der Waals surface area contributed by atoms with Gasteiger partial charge in [0.2, 0.25) is 5.43 Å². The Labute approximate surface area is 163 Å². The van der Waals surface area contributed by atoms with Crippen molar-refractivity contribution < 1.29 is 24.1 Å². The molecule has 0 radical (unpaired) electrons. The predicted molar refractivity (Wildman–Crippen MR) is 105 cm³/mol. The molecule has 3 rings (SSSR count). The number of aromatic carboxylic acids is 1. The summed E-state index contributed by atoms with van der Waals surface area (Å²) >= 11 is 0. The molecule has 1 aromatic heterocycles. The largest absolute Gasteiger partial charge is 0.477 e. The number of rotatable bonds is 11. The molecule has 152 valence electrons. The average Bonchev–Trinajstić information content (AvgIpc) is 2.69. The molecule has 0 fully saturated rings. The molecule has 2 N–H and O–H groups in total. The van der Waals surface area contributed by atoms with Crippen LogP contribution < -0.4 is 10.7 Å². The standard InChI is InChI=1S/C20H26N2O6/c1-26-7-8-28-10-9-27-6-4-21-15-11-14-3-2-5-22-13-17(20(24)25)19(23)16(12-15)18(14)22/h11-13,21H,2-10H2,1H3,(H,24,25). The smallest absolute Gasteiger partial charge is 0.341 e. The van der Waals surface area contributed by atoms with E-state index in [0.717, 1.165) is 36.2 Å². The van der Waals surface area contributed by atoms with Crippen LogP contribution in [0.15, 0.2) is 23.1 Å².